The van der Waals surface area contributed by atoms with E-state index in [0.29, 0.717) is 18.1 Å². The van der Waals surface area contributed by atoms with Crippen LogP contribution in [-0.4, -0.2) is 21.5 Å². The summed E-state index contributed by atoms with van der Waals surface area (Å²) in [5.41, 5.74) is 1.92. The van der Waals surface area contributed by atoms with Gasteiger partial charge in [-0.15, -0.1) is 0 Å². The summed E-state index contributed by atoms with van der Waals surface area (Å²) in [5, 5.41) is 3.79. The molecule has 4 nitrogen and oxygen atoms in total. The minimum Gasteiger partial charge on any atom is -0.384 e. The van der Waals surface area contributed by atoms with Crippen LogP contribution < -0.4 is 10.0 Å². The molecule has 0 saturated carbocycles. The molecule has 2 rings (SSSR count). The van der Waals surface area contributed by atoms with Crippen LogP contribution >= 0.6 is 11.6 Å². The van der Waals surface area contributed by atoms with Gasteiger partial charge in [0.2, 0.25) is 10.0 Å². The van der Waals surface area contributed by atoms with Crippen molar-refractivity contribution in [2.24, 2.45) is 0 Å². The predicted octanol–water partition coefficient (Wildman–Crippen LogP) is 3.04. The van der Waals surface area contributed by atoms with Gasteiger partial charge in [-0.2, -0.15) is 0 Å². The Bertz CT molecular complexity index is 683. The highest BCUT2D eigenvalue weighted by atomic mass is 35.5. The van der Waals surface area contributed by atoms with Crippen molar-refractivity contribution in [2.75, 3.05) is 18.4 Å². The first-order valence-corrected chi connectivity index (χ1v) is 8.39. The first kappa shape index (κ1) is 15.8. The van der Waals surface area contributed by atoms with E-state index in [1.807, 2.05) is 19.1 Å². The smallest absolute Gasteiger partial charge is 0.240 e. The molecule has 0 aromatic heterocycles. The van der Waals surface area contributed by atoms with E-state index in [9.17, 15) is 8.42 Å². The Morgan fingerprint density at radius 3 is 2.19 bits per heavy atom. The Morgan fingerprint density at radius 2 is 1.57 bits per heavy atom. The van der Waals surface area contributed by atoms with Gasteiger partial charge in [0, 0.05) is 23.8 Å². The van der Waals surface area contributed by atoms with Crippen molar-refractivity contribution in [1.29, 1.82) is 0 Å². The molecule has 0 radical (unpaired) electrons. The fourth-order valence-electron chi connectivity index (χ4n) is 1.76. The molecule has 0 saturated heterocycles. The molecule has 0 heterocycles. The fraction of sp³-hybridized carbons (Fsp3) is 0.200. The zero-order chi connectivity index (χ0) is 15.3. The second-order valence-electron chi connectivity index (χ2n) is 4.64. The fourth-order valence-corrected chi connectivity index (χ4v) is 2.92. The first-order valence-electron chi connectivity index (χ1n) is 6.53. The van der Waals surface area contributed by atoms with Crippen molar-refractivity contribution < 1.29 is 8.42 Å². The van der Waals surface area contributed by atoms with Crippen molar-refractivity contribution in [3.63, 3.8) is 0 Å². The molecule has 0 fully saturated rings. The van der Waals surface area contributed by atoms with Crippen molar-refractivity contribution in [3.8, 4) is 0 Å². The molecule has 0 spiro atoms. The summed E-state index contributed by atoms with van der Waals surface area (Å²) in [5.74, 6) is 0. The molecule has 0 amide bonds. The molecule has 0 bridgehead atoms. The minimum absolute atomic E-state index is 0.277. The summed E-state index contributed by atoms with van der Waals surface area (Å²) in [4.78, 5) is 0.277. The number of halogens is 1. The predicted molar refractivity (Wildman–Crippen MR) is 86.3 cm³/mol. The lowest BCUT2D eigenvalue weighted by molar-refractivity contribution is 0.583. The number of nitrogens with one attached hydrogen (secondary N) is 2. The maximum absolute atomic E-state index is 12.0. The third kappa shape index (κ3) is 4.74. The molecule has 2 aromatic carbocycles. The zero-order valence-corrected chi connectivity index (χ0v) is 13.2. The minimum atomic E-state index is -3.45. The molecular formula is C15H17ClN2O2S. The second kappa shape index (κ2) is 6.93. The second-order valence-corrected chi connectivity index (χ2v) is 6.85. The summed E-state index contributed by atoms with van der Waals surface area (Å²) in [6, 6.07) is 14.0. The lowest BCUT2D eigenvalue weighted by Crippen LogP contribution is -2.28. The first-order chi connectivity index (χ1) is 9.97. The molecular weight excluding hydrogens is 308 g/mol. The summed E-state index contributed by atoms with van der Waals surface area (Å²) in [6.45, 7) is 2.71. The molecule has 0 atom stereocenters. The summed E-state index contributed by atoms with van der Waals surface area (Å²) in [6.07, 6.45) is 0. The number of benzene rings is 2. The molecule has 2 aromatic rings. The lowest BCUT2D eigenvalue weighted by atomic mass is 10.2. The lowest BCUT2D eigenvalue weighted by Gasteiger charge is -2.09. The molecule has 0 aliphatic rings. The van der Waals surface area contributed by atoms with E-state index in [0.717, 1.165) is 11.3 Å². The number of hydrogen-bond donors (Lipinski definition) is 2. The van der Waals surface area contributed by atoms with Crippen molar-refractivity contribution in [2.45, 2.75) is 11.8 Å². The van der Waals surface area contributed by atoms with Crippen LogP contribution in [0.25, 0.3) is 0 Å². The summed E-state index contributed by atoms with van der Waals surface area (Å²) >= 11 is 5.79. The average molecular weight is 325 g/mol. The van der Waals surface area contributed by atoms with Crippen LogP contribution in [0, 0.1) is 6.92 Å². The Kier molecular flexibility index (Phi) is 5.22. The normalized spacial score (nSPS) is 11.3. The molecule has 0 unspecified atom stereocenters. The third-order valence-electron chi connectivity index (χ3n) is 2.92. The average Bonchev–Trinajstić information content (AvgIpc) is 2.46. The van der Waals surface area contributed by atoms with E-state index in [-0.39, 0.29) is 4.90 Å². The highest BCUT2D eigenvalue weighted by Crippen LogP contribution is 2.13. The van der Waals surface area contributed by atoms with Crippen LogP contribution in [0.5, 0.6) is 0 Å². The number of sulfonamides is 1. The van der Waals surface area contributed by atoms with Gasteiger partial charge in [-0.05, 0) is 43.3 Å². The van der Waals surface area contributed by atoms with Crippen molar-refractivity contribution >= 4 is 27.3 Å². The molecule has 6 heteroatoms. The van der Waals surface area contributed by atoms with Crippen LogP contribution in [0.15, 0.2) is 53.4 Å². The van der Waals surface area contributed by atoms with E-state index < -0.39 is 10.0 Å². The Labute approximate surface area is 130 Å². The van der Waals surface area contributed by atoms with E-state index >= 15 is 0 Å². The summed E-state index contributed by atoms with van der Waals surface area (Å²) < 4.78 is 26.6. The quantitative estimate of drug-likeness (QED) is 0.803. The Morgan fingerprint density at radius 1 is 0.952 bits per heavy atom. The highest BCUT2D eigenvalue weighted by molar-refractivity contribution is 7.89. The zero-order valence-electron chi connectivity index (χ0n) is 11.6. The van der Waals surface area contributed by atoms with Crippen molar-refractivity contribution in [1.82, 2.24) is 4.72 Å². The van der Waals surface area contributed by atoms with Gasteiger partial charge in [0.25, 0.3) is 0 Å². The van der Waals surface area contributed by atoms with Crippen molar-refractivity contribution in [3.05, 3.63) is 59.1 Å². The topological polar surface area (TPSA) is 58.2 Å². The van der Waals surface area contributed by atoms with Gasteiger partial charge in [-0.3, -0.25) is 0 Å². The SMILES string of the molecule is Cc1ccc(S(=O)(=O)NCCNc2ccc(Cl)cc2)cc1. The number of hydrogen-bond acceptors (Lipinski definition) is 3. The number of rotatable bonds is 6. The maximum atomic E-state index is 12.0. The van der Waals surface area contributed by atoms with Gasteiger partial charge in [0.05, 0.1) is 4.90 Å². The Balaban J connectivity index is 1.85. The maximum Gasteiger partial charge on any atom is 0.240 e. The van der Waals surface area contributed by atoms with Gasteiger partial charge in [0.1, 0.15) is 0 Å². The highest BCUT2D eigenvalue weighted by Gasteiger charge is 2.12. The van der Waals surface area contributed by atoms with Crippen LogP contribution in [-0.2, 0) is 10.0 Å². The van der Waals surface area contributed by atoms with E-state index in [2.05, 4.69) is 10.0 Å². The Hall–Kier alpha value is -1.56. The van der Waals surface area contributed by atoms with Gasteiger partial charge in [-0.25, -0.2) is 13.1 Å². The van der Waals surface area contributed by atoms with Crippen LogP contribution in [0.1, 0.15) is 5.56 Å². The summed E-state index contributed by atoms with van der Waals surface area (Å²) in [7, 11) is -3.45. The van der Waals surface area contributed by atoms with E-state index in [1.54, 1.807) is 36.4 Å². The standard InChI is InChI=1S/C15H17ClN2O2S/c1-12-2-8-15(9-3-12)21(19,20)18-11-10-17-14-6-4-13(16)5-7-14/h2-9,17-18H,10-11H2,1H3. The molecule has 0 aliphatic heterocycles. The molecule has 0 aliphatic carbocycles. The third-order valence-corrected chi connectivity index (χ3v) is 4.65. The number of anilines is 1. The van der Waals surface area contributed by atoms with Gasteiger partial charge in [-0.1, -0.05) is 29.3 Å². The van der Waals surface area contributed by atoms with Gasteiger partial charge >= 0.3 is 0 Å². The van der Waals surface area contributed by atoms with Crippen LogP contribution in [0.2, 0.25) is 5.02 Å². The van der Waals surface area contributed by atoms with Gasteiger partial charge < -0.3 is 5.32 Å². The molecule has 2 N–H and O–H groups in total. The number of aryl methyl sites for hydroxylation is 1. The van der Waals surface area contributed by atoms with Gasteiger partial charge in [0.15, 0.2) is 0 Å². The van der Waals surface area contributed by atoms with Crippen LogP contribution in [0.3, 0.4) is 0 Å². The van der Waals surface area contributed by atoms with E-state index in [1.165, 1.54) is 0 Å². The van der Waals surface area contributed by atoms with E-state index in [4.69, 9.17) is 11.6 Å². The largest absolute Gasteiger partial charge is 0.384 e. The monoisotopic (exact) mass is 324 g/mol. The molecule has 112 valence electrons. The van der Waals surface area contributed by atoms with Crippen LogP contribution in [0.4, 0.5) is 5.69 Å². The molecule has 21 heavy (non-hydrogen) atoms.